The monoisotopic (exact) mass is 460 g/mol. The molecular weight excluding hydrogens is 444 g/mol. The van der Waals surface area contributed by atoms with Gasteiger partial charge in [0.05, 0.1) is 6.54 Å². The number of hydrogen-bond acceptors (Lipinski definition) is 3. The van der Waals surface area contributed by atoms with Crippen LogP contribution in [0.4, 0.5) is 18.9 Å². The summed E-state index contributed by atoms with van der Waals surface area (Å²) in [5.41, 5.74) is -0.688. The maximum Gasteiger partial charge on any atom is 0.417 e. The first-order valence-corrected chi connectivity index (χ1v) is 10.8. The fourth-order valence-electron chi connectivity index (χ4n) is 3.60. The molecule has 1 amide bonds. The average molecular weight is 461 g/mol. The summed E-state index contributed by atoms with van der Waals surface area (Å²) in [4.78, 5) is 13.7. The number of aryl methyl sites for hydroxylation is 1. The number of anilines is 1. The Morgan fingerprint density at radius 1 is 1.17 bits per heavy atom. The van der Waals surface area contributed by atoms with Crippen molar-refractivity contribution in [2.45, 2.75) is 24.7 Å². The summed E-state index contributed by atoms with van der Waals surface area (Å²) in [7, 11) is 0. The Morgan fingerprint density at radius 3 is 2.34 bits per heavy atom. The Bertz CT molecular complexity index is 960. The number of thioether (sulfide) groups is 1. The smallest absolute Gasteiger partial charge is 0.349 e. The van der Waals surface area contributed by atoms with E-state index in [1.165, 1.54) is 23.1 Å². The van der Waals surface area contributed by atoms with Crippen LogP contribution < -0.4 is 10.2 Å². The molecule has 2 aliphatic rings. The van der Waals surface area contributed by atoms with E-state index in [9.17, 15) is 18.0 Å². The molecular formula is C20H17Cl2F3N2OS. The minimum atomic E-state index is -4.52. The molecule has 2 aromatic rings. The number of benzene rings is 2. The summed E-state index contributed by atoms with van der Waals surface area (Å²) in [6.07, 6.45) is -4.52. The summed E-state index contributed by atoms with van der Waals surface area (Å²) in [6.45, 7) is 1.49. The lowest BCUT2D eigenvalue weighted by atomic mass is 9.98. The fraction of sp³-hybridized carbons (Fsp3) is 0.350. The topological polar surface area (TPSA) is 32.1 Å². The molecule has 2 heterocycles. The highest BCUT2D eigenvalue weighted by atomic mass is 35.5. The van der Waals surface area contributed by atoms with Gasteiger partial charge in [-0.05, 0) is 54.4 Å². The predicted octanol–water partition coefficient (Wildman–Crippen LogP) is 5.42. The lowest BCUT2D eigenvalue weighted by Crippen LogP contribution is -2.44. The van der Waals surface area contributed by atoms with E-state index in [2.05, 4.69) is 5.32 Å². The minimum absolute atomic E-state index is 0.00413. The van der Waals surface area contributed by atoms with Crippen LogP contribution in [0.3, 0.4) is 0 Å². The van der Waals surface area contributed by atoms with Crippen molar-refractivity contribution < 1.29 is 18.0 Å². The number of halogens is 5. The summed E-state index contributed by atoms with van der Waals surface area (Å²) in [5.74, 6) is 1.56. The molecule has 3 nitrogen and oxygen atoms in total. The van der Waals surface area contributed by atoms with E-state index in [1.54, 1.807) is 36.9 Å². The number of amides is 1. The molecule has 9 heteroatoms. The molecule has 1 N–H and O–H groups in total. The van der Waals surface area contributed by atoms with Gasteiger partial charge in [-0.15, -0.1) is 0 Å². The maximum absolute atomic E-state index is 14.1. The molecule has 2 aliphatic heterocycles. The molecule has 0 saturated carbocycles. The Balaban J connectivity index is 1.64. The van der Waals surface area contributed by atoms with Gasteiger partial charge in [0.15, 0.2) is 5.54 Å². The van der Waals surface area contributed by atoms with Gasteiger partial charge in [-0.1, -0.05) is 23.2 Å². The van der Waals surface area contributed by atoms with Crippen molar-refractivity contribution in [1.82, 2.24) is 5.32 Å². The van der Waals surface area contributed by atoms with Gasteiger partial charge in [0.1, 0.15) is 0 Å². The third kappa shape index (κ3) is 3.68. The van der Waals surface area contributed by atoms with Crippen LogP contribution in [0.2, 0.25) is 10.0 Å². The number of carbonyl (C=O) groups excluding carboxylic acids is 1. The van der Waals surface area contributed by atoms with Crippen molar-refractivity contribution in [3.63, 3.8) is 0 Å². The second kappa shape index (κ2) is 7.29. The molecule has 0 bridgehead atoms. The molecule has 2 aromatic carbocycles. The second-order valence-electron chi connectivity index (χ2n) is 7.31. The van der Waals surface area contributed by atoms with Crippen molar-refractivity contribution in [3.8, 4) is 0 Å². The SMILES string of the molecule is Cc1cc(N2CC2(c2cc(Cl)cc(Cl)c2)C(F)(F)F)ccc1C(=O)NC1CSC1. The Morgan fingerprint density at radius 2 is 1.83 bits per heavy atom. The molecule has 0 spiro atoms. The molecule has 0 aromatic heterocycles. The number of nitrogens with one attached hydrogen (secondary N) is 1. The largest absolute Gasteiger partial charge is 0.417 e. The van der Waals surface area contributed by atoms with Gasteiger partial charge in [0, 0.05) is 38.8 Å². The lowest BCUT2D eigenvalue weighted by molar-refractivity contribution is -0.158. The van der Waals surface area contributed by atoms with Crippen LogP contribution in [-0.2, 0) is 5.54 Å². The van der Waals surface area contributed by atoms with E-state index in [0.29, 0.717) is 16.8 Å². The van der Waals surface area contributed by atoms with Crippen LogP contribution in [0.15, 0.2) is 36.4 Å². The maximum atomic E-state index is 14.1. The van der Waals surface area contributed by atoms with E-state index in [-0.39, 0.29) is 34.1 Å². The van der Waals surface area contributed by atoms with Crippen LogP contribution in [0.5, 0.6) is 0 Å². The second-order valence-corrected chi connectivity index (χ2v) is 9.26. The molecule has 4 rings (SSSR count). The van der Waals surface area contributed by atoms with Gasteiger partial charge in [-0.3, -0.25) is 4.79 Å². The van der Waals surface area contributed by atoms with E-state index < -0.39 is 11.7 Å². The molecule has 1 unspecified atom stereocenters. The van der Waals surface area contributed by atoms with Crippen molar-refractivity contribution in [1.29, 1.82) is 0 Å². The average Bonchev–Trinajstić information content (AvgIpc) is 3.34. The van der Waals surface area contributed by atoms with Crippen molar-refractivity contribution in [2.24, 2.45) is 0 Å². The van der Waals surface area contributed by atoms with Crippen molar-refractivity contribution >= 4 is 46.6 Å². The van der Waals surface area contributed by atoms with E-state index >= 15 is 0 Å². The number of carbonyl (C=O) groups is 1. The number of hydrogen-bond donors (Lipinski definition) is 1. The zero-order valence-corrected chi connectivity index (χ0v) is 17.6. The van der Waals surface area contributed by atoms with E-state index in [4.69, 9.17) is 23.2 Å². The Labute approximate surface area is 180 Å². The highest BCUT2D eigenvalue weighted by molar-refractivity contribution is 8.00. The van der Waals surface area contributed by atoms with Crippen molar-refractivity contribution in [3.05, 3.63) is 63.1 Å². The highest BCUT2D eigenvalue weighted by Crippen LogP contribution is 2.57. The van der Waals surface area contributed by atoms with Crippen LogP contribution in [0.25, 0.3) is 0 Å². The third-order valence-electron chi connectivity index (χ3n) is 5.29. The van der Waals surface area contributed by atoms with Gasteiger partial charge in [-0.25, -0.2) is 0 Å². The standard InChI is InChI=1S/C20H17Cl2F3N2OS/c1-11-4-16(2-3-17(11)18(28)26-15-8-29-9-15)27-10-19(27,20(23,24)25)12-5-13(21)7-14(22)6-12/h2-7,15H,8-10H2,1H3,(H,26,28). The lowest BCUT2D eigenvalue weighted by Gasteiger charge is -2.26. The molecule has 0 aliphatic carbocycles. The minimum Gasteiger partial charge on any atom is -0.349 e. The van der Waals surface area contributed by atoms with Crippen LogP contribution in [0, 0.1) is 6.92 Å². The zero-order chi connectivity index (χ0) is 21.0. The molecule has 154 valence electrons. The van der Waals surface area contributed by atoms with Crippen LogP contribution in [-0.4, -0.2) is 36.2 Å². The summed E-state index contributed by atoms with van der Waals surface area (Å²) in [5, 5.41) is 3.24. The highest BCUT2D eigenvalue weighted by Gasteiger charge is 2.71. The summed E-state index contributed by atoms with van der Waals surface area (Å²) in [6, 6.07) is 8.90. The number of rotatable bonds is 4. The van der Waals surface area contributed by atoms with Crippen LogP contribution >= 0.6 is 35.0 Å². The number of alkyl halides is 3. The van der Waals surface area contributed by atoms with E-state index in [1.807, 2.05) is 0 Å². The summed E-state index contributed by atoms with van der Waals surface area (Å²) >= 11 is 13.7. The molecule has 0 radical (unpaired) electrons. The van der Waals surface area contributed by atoms with Crippen molar-refractivity contribution in [2.75, 3.05) is 23.0 Å². The molecule has 2 saturated heterocycles. The first-order chi connectivity index (χ1) is 13.6. The first-order valence-electron chi connectivity index (χ1n) is 8.92. The van der Waals surface area contributed by atoms with Gasteiger partial charge in [0.25, 0.3) is 5.91 Å². The molecule has 2 fully saturated rings. The Hall–Kier alpha value is -1.57. The molecule has 1 atom stereocenters. The Kier molecular flexibility index (Phi) is 5.20. The predicted molar refractivity (Wildman–Crippen MR) is 111 cm³/mol. The normalized spacial score (nSPS) is 21.7. The fourth-order valence-corrected chi connectivity index (χ4v) is 4.77. The molecule has 29 heavy (non-hydrogen) atoms. The van der Waals surface area contributed by atoms with Gasteiger partial charge in [-0.2, -0.15) is 24.9 Å². The quantitative estimate of drug-likeness (QED) is 0.617. The van der Waals surface area contributed by atoms with Gasteiger partial charge < -0.3 is 10.2 Å². The zero-order valence-electron chi connectivity index (χ0n) is 15.3. The van der Waals surface area contributed by atoms with E-state index in [0.717, 1.165) is 11.5 Å². The first kappa shape index (κ1) is 20.7. The van der Waals surface area contributed by atoms with Gasteiger partial charge >= 0.3 is 6.18 Å². The number of nitrogens with zero attached hydrogens (tertiary/aromatic N) is 1. The van der Waals surface area contributed by atoms with Crippen LogP contribution in [0.1, 0.15) is 21.5 Å². The third-order valence-corrected chi connectivity index (χ3v) is 7.01. The van der Waals surface area contributed by atoms with Gasteiger partial charge in [0.2, 0.25) is 0 Å². The summed E-state index contributed by atoms with van der Waals surface area (Å²) < 4.78 is 42.3.